The van der Waals surface area contributed by atoms with Gasteiger partial charge in [0.15, 0.2) is 0 Å². The Kier molecular flexibility index (Phi) is 3.70. The number of amides is 1. The molecule has 1 aliphatic heterocycles. The number of aliphatic imine (C=N–C) groups is 1. The van der Waals surface area contributed by atoms with E-state index < -0.39 is 0 Å². The van der Waals surface area contributed by atoms with Crippen molar-refractivity contribution >= 4 is 12.7 Å². The highest BCUT2D eigenvalue weighted by Crippen LogP contribution is 2.07. The molecule has 0 aliphatic carbocycles. The molecule has 2 unspecified atom stereocenters. The molecule has 74 valence electrons. The van der Waals surface area contributed by atoms with Gasteiger partial charge in [0.2, 0.25) is 6.41 Å². The van der Waals surface area contributed by atoms with Gasteiger partial charge >= 0.3 is 0 Å². The fraction of sp³-hybridized carbons (Fsp3) is 0.750. The van der Waals surface area contributed by atoms with Gasteiger partial charge in [0.25, 0.3) is 0 Å². The van der Waals surface area contributed by atoms with Crippen molar-refractivity contribution in [1.82, 2.24) is 10.2 Å². The summed E-state index contributed by atoms with van der Waals surface area (Å²) in [6, 6.07) is 0.351. The van der Waals surface area contributed by atoms with Gasteiger partial charge in [-0.05, 0) is 13.3 Å². The van der Waals surface area contributed by atoms with Gasteiger partial charge in [-0.2, -0.15) is 0 Å². The summed E-state index contributed by atoms with van der Waals surface area (Å²) in [4.78, 5) is 16.1. The van der Waals surface area contributed by atoms with Crippen LogP contribution >= 0.6 is 0 Å². The van der Waals surface area contributed by atoms with Crippen LogP contribution in [-0.4, -0.2) is 42.9 Å². The molecule has 0 saturated carbocycles. The Bertz CT molecular complexity index is 195. The number of nitrogens with one attached hydrogen (secondary N) is 1. The van der Waals surface area contributed by atoms with Crippen molar-refractivity contribution in [2.24, 2.45) is 10.7 Å². The van der Waals surface area contributed by atoms with Crippen LogP contribution in [0.25, 0.3) is 0 Å². The van der Waals surface area contributed by atoms with Crippen molar-refractivity contribution < 1.29 is 4.79 Å². The van der Waals surface area contributed by atoms with Gasteiger partial charge in [0, 0.05) is 19.1 Å². The zero-order valence-corrected chi connectivity index (χ0v) is 7.81. The highest BCUT2D eigenvalue weighted by molar-refractivity contribution is 5.51. The predicted molar refractivity (Wildman–Crippen MR) is 51.3 cm³/mol. The summed E-state index contributed by atoms with van der Waals surface area (Å²) in [5.74, 6) is 0. The highest BCUT2D eigenvalue weighted by atomic mass is 16.1. The van der Waals surface area contributed by atoms with Crippen LogP contribution in [0.1, 0.15) is 13.3 Å². The largest absolute Gasteiger partial charge is 0.390 e. The first-order chi connectivity index (χ1) is 6.26. The van der Waals surface area contributed by atoms with E-state index in [-0.39, 0.29) is 6.17 Å². The fourth-order valence-electron chi connectivity index (χ4n) is 1.53. The number of carbonyl (C=O) groups is 1. The number of hydrogen-bond donors (Lipinski definition) is 2. The molecule has 2 atom stereocenters. The van der Waals surface area contributed by atoms with Crippen LogP contribution in [-0.2, 0) is 4.79 Å². The van der Waals surface area contributed by atoms with Gasteiger partial charge in [-0.1, -0.05) is 0 Å². The van der Waals surface area contributed by atoms with Crippen LogP contribution < -0.4 is 11.1 Å². The van der Waals surface area contributed by atoms with Crippen molar-refractivity contribution in [2.75, 3.05) is 13.1 Å². The summed E-state index contributed by atoms with van der Waals surface area (Å²) >= 11 is 0. The Hall–Kier alpha value is -1.10. The van der Waals surface area contributed by atoms with Crippen LogP contribution in [0.15, 0.2) is 4.99 Å². The van der Waals surface area contributed by atoms with Gasteiger partial charge in [-0.3, -0.25) is 15.1 Å². The summed E-state index contributed by atoms with van der Waals surface area (Å²) in [7, 11) is 0. The summed E-state index contributed by atoms with van der Waals surface area (Å²) in [5, 5.41) is 3.27. The first-order valence-corrected chi connectivity index (χ1v) is 4.45. The summed E-state index contributed by atoms with van der Waals surface area (Å²) in [6.07, 6.45) is 3.20. The average molecular weight is 184 g/mol. The molecule has 5 heteroatoms. The van der Waals surface area contributed by atoms with Gasteiger partial charge in [0.05, 0.1) is 12.5 Å². The first kappa shape index (κ1) is 9.98. The molecule has 0 spiro atoms. The lowest BCUT2D eigenvalue weighted by Crippen LogP contribution is -2.37. The topological polar surface area (TPSA) is 70.7 Å². The number of carbonyl (C=O) groups excluding carboxylic acids is 1. The number of nitrogens with zero attached hydrogens (tertiary/aromatic N) is 2. The van der Waals surface area contributed by atoms with Gasteiger partial charge in [-0.15, -0.1) is 0 Å². The third-order valence-corrected chi connectivity index (χ3v) is 2.16. The molecule has 1 saturated heterocycles. The SMILES string of the molecule is CC(N=CN)NC1CCN(C=O)C1. The monoisotopic (exact) mass is 184 g/mol. The van der Waals surface area contributed by atoms with Crippen molar-refractivity contribution in [3.63, 3.8) is 0 Å². The second-order valence-electron chi connectivity index (χ2n) is 3.23. The highest BCUT2D eigenvalue weighted by Gasteiger charge is 2.21. The van der Waals surface area contributed by atoms with Crippen LogP contribution in [0.2, 0.25) is 0 Å². The minimum Gasteiger partial charge on any atom is -0.390 e. The normalized spacial score (nSPS) is 25.3. The maximum atomic E-state index is 10.4. The molecule has 0 aromatic rings. The molecule has 0 aromatic heterocycles. The van der Waals surface area contributed by atoms with Crippen LogP contribution in [0, 0.1) is 0 Å². The third kappa shape index (κ3) is 3.02. The molecule has 0 radical (unpaired) electrons. The van der Waals surface area contributed by atoms with Crippen LogP contribution in [0.3, 0.4) is 0 Å². The zero-order chi connectivity index (χ0) is 9.68. The molecule has 1 rings (SSSR count). The van der Waals surface area contributed by atoms with E-state index in [9.17, 15) is 4.79 Å². The van der Waals surface area contributed by atoms with E-state index in [2.05, 4.69) is 10.3 Å². The minimum absolute atomic E-state index is 0.0293. The summed E-state index contributed by atoms with van der Waals surface area (Å²) in [6.45, 7) is 3.54. The molecule has 1 heterocycles. The van der Waals surface area contributed by atoms with E-state index in [0.29, 0.717) is 6.04 Å². The lowest BCUT2D eigenvalue weighted by atomic mass is 10.2. The Labute approximate surface area is 78.0 Å². The molecule has 5 nitrogen and oxygen atoms in total. The number of likely N-dealkylation sites (tertiary alicyclic amines) is 1. The fourth-order valence-corrected chi connectivity index (χ4v) is 1.53. The Balaban J connectivity index is 2.27. The second-order valence-corrected chi connectivity index (χ2v) is 3.23. The summed E-state index contributed by atoms with van der Waals surface area (Å²) < 4.78 is 0. The minimum atomic E-state index is 0.0293. The molecule has 13 heavy (non-hydrogen) atoms. The predicted octanol–water partition coefficient (Wildman–Crippen LogP) is -0.860. The molecule has 0 aromatic carbocycles. The zero-order valence-electron chi connectivity index (χ0n) is 7.81. The van der Waals surface area contributed by atoms with Crippen molar-refractivity contribution in [3.05, 3.63) is 0 Å². The number of nitrogens with two attached hydrogens (primary N) is 1. The van der Waals surface area contributed by atoms with Gasteiger partial charge < -0.3 is 10.6 Å². The quantitative estimate of drug-likeness (QED) is 0.339. The number of hydrogen-bond acceptors (Lipinski definition) is 3. The standard InChI is InChI=1S/C8H16N4O/c1-7(10-5-9)11-8-2-3-12(4-8)6-13/h5-8,11H,2-4H2,1H3,(H2,9,10). The Morgan fingerprint density at radius 1 is 1.77 bits per heavy atom. The first-order valence-electron chi connectivity index (χ1n) is 4.45. The van der Waals surface area contributed by atoms with Gasteiger partial charge in [0.1, 0.15) is 0 Å². The smallest absolute Gasteiger partial charge is 0.209 e. The molecule has 1 amide bonds. The van der Waals surface area contributed by atoms with Gasteiger partial charge in [-0.25, -0.2) is 0 Å². The lowest BCUT2D eigenvalue weighted by Gasteiger charge is -2.15. The second kappa shape index (κ2) is 4.81. The van der Waals surface area contributed by atoms with Crippen molar-refractivity contribution in [1.29, 1.82) is 0 Å². The molecule has 3 N–H and O–H groups in total. The maximum absolute atomic E-state index is 10.4. The molecule has 1 aliphatic rings. The van der Waals surface area contributed by atoms with Crippen molar-refractivity contribution in [3.8, 4) is 0 Å². The summed E-state index contributed by atoms with van der Waals surface area (Å²) in [5.41, 5.74) is 5.16. The molecular weight excluding hydrogens is 168 g/mol. The van der Waals surface area contributed by atoms with E-state index in [0.717, 1.165) is 25.9 Å². The molecule has 1 fully saturated rings. The number of rotatable bonds is 4. The van der Waals surface area contributed by atoms with E-state index >= 15 is 0 Å². The molecular formula is C8H16N4O. The Morgan fingerprint density at radius 2 is 2.54 bits per heavy atom. The van der Waals surface area contributed by atoms with E-state index in [1.807, 2.05) is 6.92 Å². The van der Waals surface area contributed by atoms with Crippen LogP contribution in [0.5, 0.6) is 0 Å². The average Bonchev–Trinajstić information content (AvgIpc) is 2.52. The molecule has 0 bridgehead atoms. The van der Waals surface area contributed by atoms with E-state index in [1.165, 1.54) is 6.34 Å². The Morgan fingerprint density at radius 3 is 3.08 bits per heavy atom. The maximum Gasteiger partial charge on any atom is 0.209 e. The van der Waals surface area contributed by atoms with Crippen LogP contribution in [0.4, 0.5) is 0 Å². The van der Waals surface area contributed by atoms with E-state index in [4.69, 9.17) is 5.73 Å². The third-order valence-electron chi connectivity index (χ3n) is 2.16. The van der Waals surface area contributed by atoms with Crippen molar-refractivity contribution in [2.45, 2.75) is 25.6 Å². The van der Waals surface area contributed by atoms with E-state index in [1.54, 1.807) is 4.90 Å². The lowest BCUT2D eigenvalue weighted by molar-refractivity contribution is -0.117.